The highest BCUT2D eigenvalue weighted by molar-refractivity contribution is 9.10. The van der Waals surface area contributed by atoms with E-state index in [1.807, 2.05) is 6.20 Å². The van der Waals surface area contributed by atoms with E-state index in [-0.39, 0.29) is 15.9 Å². The van der Waals surface area contributed by atoms with E-state index in [0.717, 1.165) is 30.9 Å². The molecule has 0 spiro atoms. The van der Waals surface area contributed by atoms with Crippen LogP contribution in [0.3, 0.4) is 0 Å². The van der Waals surface area contributed by atoms with Crippen molar-refractivity contribution in [2.45, 2.75) is 43.5 Å². The Bertz CT molecular complexity index is 911. The molecule has 0 saturated heterocycles. The van der Waals surface area contributed by atoms with Crippen molar-refractivity contribution in [3.8, 4) is 0 Å². The van der Waals surface area contributed by atoms with Crippen molar-refractivity contribution in [2.24, 2.45) is 0 Å². The largest absolute Gasteiger partial charge is 0.480 e. The fraction of sp³-hybridized carbons (Fsp3) is 0.412. The molecular weight excluding hydrogens is 427 g/mol. The zero-order valence-electron chi connectivity index (χ0n) is 14.4. The van der Waals surface area contributed by atoms with E-state index in [0.29, 0.717) is 5.92 Å². The van der Waals surface area contributed by atoms with Gasteiger partial charge in [0.25, 0.3) is 0 Å². The lowest BCUT2D eigenvalue weighted by Crippen LogP contribution is -2.16. The van der Waals surface area contributed by atoms with Crippen LogP contribution in [0, 0.1) is 5.82 Å². The predicted molar refractivity (Wildman–Crippen MR) is 98.4 cm³/mol. The van der Waals surface area contributed by atoms with Gasteiger partial charge in [-0.25, -0.2) is 12.8 Å². The first-order valence-electron chi connectivity index (χ1n) is 8.01. The first kappa shape index (κ1) is 20.6. The molecular formula is C17H20BrFN2O4S. The maximum Gasteiger partial charge on any atom is 0.325 e. The van der Waals surface area contributed by atoms with Crippen molar-refractivity contribution >= 4 is 31.7 Å². The van der Waals surface area contributed by atoms with Gasteiger partial charge in [0.2, 0.25) is 0 Å². The highest BCUT2D eigenvalue weighted by Gasteiger charge is 2.21. The fourth-order valence-electron chi connectivity index (χ4n) is 2.81. The zero-order valence-corrected chi connectivity index (χ0v) is 16.8. The second-order valence-electron chi connectivity index (χ2n) is 6.24. The number of fused-ring (bicyclic) bond motifs is 1. The van der Waals surface area contributed by atoms with Crippen molar-refractivity contribution in [3.63, 3.8) is 0 Å². The molecule has 1 N–H and O–H groups in total. The molecule has 1 atom stereocenters. The summed E-state index contributed by atoms with van der Waals surface area (Å²) >= 11 is 2.93. The van der Waals surface area contributed by atoms with Gasteiger partial charge in [0, 0.05) is 11.9 Å². The smallest absolute Gasteiger partial charge is 0.325 e. The van der Waals surface area contributed by atoms with E-state index < -0.39 is 21.6 Å². The number of aliphatic carboxylic acids is 1. The molecule has 1 heterocycles. The number of carboxylic acids is 1. The topological polar surface area (TPSA) is 89.3 Å². The Morgan fingerprint density at radius 2 is 2.15 bits per heavy atom. The van der Waals surface area contributed by atoms with Crippen LogP contribution in [-0.2, 0) is 27.6 Å². The average molecular weight is 447 g/mol. The van der Waals surface area contributed by atoms with E-state index in [1.54, 1.807) is 4.68 Å². The van der Waals surface area contributed by atoms with Gasteiger partial charge in [-0.15, -0.1) is 0 Å². The quantitative estimate of drug-likeness (QED) is 0.779. The number of halogens is 2. The van der Waals surface area contributed by atoms with E-state index in [9.17, 15) is 17.6 Å². The fourth-order valence-corrected chi connectivity index (χ4v) is 3.69. The van der Waals surface area contributed by atoms with Gasteiger partial charge in [-0.05, 0) is 64.9 Å². The lowest BCUT2D eigenvalue weighted by Gasteiger charge is -2.18. The molecule has 0 radical (unpaired) electrons. The number of sulfone groups is 1. The van der Waals surface area contributed by atoms with Gasteiger partial charge in [0.1, 0.15) is 12.4 Å². The molecule has 0 fully saturated rings. The van der Waals surface area contributed by atoms with Gasteiger partial charge >= 0.3 is 5.97 Å². The summed E-state index contributed by atoms with van der Waals surface area (Å²) in [5.41, 5.74) is 2.35. The number of hydrogen-bond acceptors (Lipinski definition) is 4. The molecule has 0 saturated carbocycles. The summed E-state index contributed by atoms with van der Waals surface area (Å²) in [7, 11) is -3.30. The number of carbonyl (C=O) groups is 1. The second kappa shape index (κ2) is 8.30. The highest BCUT2D eigenvalue weighted by Crippen LogP contribution is 2.30. The lowest BCUT2D eigenvalue weighted by atomic mass is 9.89. The Morgan fingerprint density at radius 3 is 2.73 bits per heavy atom. The second-order valence-corrected chi connectivity index (χ2v) is 9.11. The van der Waals surface area contributed by atoms with Crippen LogP contribution < -0.4 is 0 Å². The van der Waals surface area contributed by atoms with Crippen LogP contribution in [0.2, 0.25) is 0 Å². The van der Waals surface area contributed by atoms with E-state index in [1.165, 1.54) is 24.1 Å². The molecule has 0 amide bonds. The molecule has 1 unspecified atom stereocenters. The van der Waals surface area contributed by atoms with Gasteiger partial charge in [-0.2, -0.15) is 5.10 Å². The molecule has 3 rings (SSSR count). The lowest BCUT2D eigenvalue weighted by molar-refractivity contribution is -0.137. The SMILES string of the molecule is CC1CCCc2c1cnn2CC(=O)O.CS(=O)(=O)c1ccc(Br)c(F)c1. The third-order valence-electron chi connectivity index (χ3n) is 4.17. The number of carboxylic acid groups (broad SMARTS) is 1. The van der Waals surface area contributed by atoms with Crippen LogP contribution >= 0.6 is 15.9 Å². The van der Waals surface area contributed by atoms with E-state index in [4.69, 9.17) is 5.11 Å². The first-order chi connectivity index (χ1) is 12.1. The van der Waals surface area contributed by atoms with Gasteiger partial charge in [0.15, 0.2) is 9.84 Å². The minimum absolute atomic E-state index is 0.0109. The molecule has 26 heavy (non-hydrogen) atoms. The molecule has 1 aliphatic rings. The molecule has 6 nitrogen and oxygen atoms in total. The third-order valence-corrected chi connectivity index (χ3v) is 5.92. The number of aromatic nitrogens is 2. The van der Waals surface area contributed by atoms with Gasteiger partial charge in [-0.3, -0.25) is 9.48 Å². The number of nitrogens with zero attached hydrogens (tertiary/aromatic N) is 2. The maximum absolute atomic E-state index is 12.8. The number of rotatable bonds is 3. The molecule has 1 aromatic heterocycles. The Labute approximate surface area is 160 Å². The standard InChI is InChI=1S/C10H14N2O2.C7H6BrFO2S/c1-7-3-2-4-9-8(7)5-11-12(9)6-10(13)14;1-12(10,11)5-2-3-6(8)7(9)4-5/h5,7H,2-4,6H2,1H3,(H,13,14);2-4H,1H3. The Kier molecular flexibility index (Phi) is 6.57. The molecule has 1 aromatic carbocycles. The summed E-state index contributed by atoms with van der Waals surface area (Å²) in [6.45, 7) is 2.16. The van der Waals surface area contributed by atoms with Gasteiger partial charge < -0.3 is 5.11 Å². The Hall–Kier alpha value is -1.74. The summed E-state index contributed by atoms with van der Waals surface area (Å²) in [6, 6.07) is 3.70. The predicted octanol–water partition coefficient (Wildman–Crippen LogP) is 3.40. The monoisotopic (exact) mass is 446 g/mol. The normalized spacial score (nSPS) is 16.4. The van der Waals surface area contributed by atoms with Crippen LogP contribution in [0.25, 0.3) is 0 Å². The molecule has 1 aliphatic carbocycles. The van der Waals surface area contributed by atoms with Crippen molar-refractivity contribution in [2.75, 3.05) is 6.26 Å². The summed E-state index contributed by atoms with van der Waals surface area (Å²) < 4.78 is 36.5. The van der Waals surface area contributed by atoms with Crippen LogP contribution in [0.1, 0.15) is 36.9 Å². The minimum atomic E-state index is -3.30. The highest BCUT2D eigenvalue weighted by atomic mass is 79.9. The number of benzene rings is 1. The third kappa shape index (κ3) is 5.14. The molecule has 9 heteroatoms. The molecule has 0 aliphatic heterocycles. The van der Waals surface area contributed by atoms with Crippen molar-refractivity contribution < 1.29 is 22.7 Å². The van der Waals surface area contributed by atoms with Crippen molar-refractivity contribution in [3.05, 3.63) is 45.9 Å². The van der Waals surface area contributed by atoms with Crippen LogP contribution in [0.4, 0.5) is 4.39 Å². The summed E-state index contributed by atoms with van der Waals surface area (Å²) in [4.78, 5) is 10.6. The maximum atomic E-state index is 12.8. The summed E-state index contributed by atoms with van der Waals surface area (Å²) in [5.74, 6) is -0.867. The minimum Gasteiger partial charge on any atom is -0.480 e. The summed E-state index contributed by atoms with van der Waals surface area (Å²) in [5, 5.41) is 12.8. The average Bonchev–Trinajstić information content (AvgIpc) is 2.93. The van der Waals surface area contributed by atoms with E-state index in [2.05, 4.69) is 28.0 Å². The van der Waals surface area contributed by atoms with Crippen molar-refractivity contribution in [1.29, 1.82) is 0 Å². The Balaban J connectivity index is 0.000000190. The zero-order chi connectivity index (χ0) is 19.5. The first-order valence-corrected chi connectivity index (χ1v) is 10.7. The van der Waals surface area contributed by atoms with Crippen molar-refractivity contribution in [1.82, 2.24) is 9.78 Å². The van der Waals surface area contributed by atoms with Gasteiger partial charge in [-0.1, -0.05) is 6.92 Å². The van der Waals surface area contributed by atoms with Crippen LogP contribution in [0.15, 0.2) is 33.8 Å². The molecule has 142 valence electrons. The van der Waals surface area contributed by atoms with E-state index >= 15 is 0 Å². The Morgan fingerprint density at radius 1 is 1.46 bits per heavy atom. The molecule has 2 aromatic rings. The molecule has 0 bridgehead atoms. The number of hydrogen-bond donors (Lipinski definition) is 1. The van der Waals surface area contributed by atoms with Crippen LogP contribution in [-0.4, -0.2) is 35.5 Å². The summed E-state index contributed by atoms with van der Waals surface area (Å²) in [6.07, 6.45) is 6.15. The van der Waals surface area contributed by atoms with Crippen LogP contribution in [0.5, 0.6) is 0 Å². The van der Waals surface area contributed by atoms with Gasteiger partial charge in [0.05, 0.1) is 15.6 Å².